The quantitative estimate of drug-likeness (QED) is 0.794. The SMILES string of the molecule is CCN1CCN(C(=O)CNC(=O)c2csc(Nc3cccc(C)c3)n2)CC1. The molecule has 0 atom stereocenters. The molecule has 0 spiro atoms. The summed E-state index contributed by atoms with van der Waals surface area (Å²) in [7, 11) is 0. The first-order chi connectivity index (χ1) is 13.0. The number of hydrogen-bond acceptors (Lipinski definition) is 6. The number of anilines is 2. The Hall–Kier alpha value is -2.45. The minimum absolute atomic E-state index is 0.00310. The molecule has 0 radical (unpaired) electrons. The Labute approximate surface area is 163 Å². The maximum Gasteiger partial charge on any atom is 0.271 e. The number of nitrogens with one attached hydrogen (secondary N) is 2. The van der Waals surface area contributed by atoms with Crippen molar-refractivity contribution in [1.82, 2.24) is 20.1 Å². The number of carbonyl (C=O) groups excluding carboxylic acids is 2. The van der Waals surface area contributed by atoms with Gasteiger partial charge in [-0.3, -0.25) is 9.59 Å². The number of hydrogen-bond donors (Lipinski definition) is 2. The Bertz CT molecular complexity index is 799. The molecule has 1 aromatic heterocycles. The maximum atomic E-state index is 12.3. The number of nitrogens with zero attached hydrogens (tertiary/aromatic N) is 3. The predicted octanol–water partition coefficient (Wildman–Crippen LogP) is 2.09. The van der Waals surface area contributed by atoms with Gasteiger partial charge >= 0.3 is 0 Å². The van der Waals surface area contributed by atoms with Gasteiger partial charge in [0.15, 0.2) is 5.13 Å². The Kier molecular flexibility index (Phi) is 6.41. The van der Waals surface area contributed by atoms with Crippen LogP contribution in [0.1, 0.15) is 23.0 Å². The first kappa shape index (κ1) is 19.3. The second kappa shape index (κ2) is 8.96. The van der Waals surface area contributed by atoms with Crippen LogP contribution in [0.5, 0.6) is 0 Å². The van der Waals surface area contributed by atoms with E-state index in [4.69, 9.17) is 0 Å². The molecule has 8 heteroatoms. The van der Waals surface area contributed by atoms with Gasteiger partial charge in [-0.25, -0.2) is 4.98 Å². The Morgan fingerprint density at radius 3 is 2.70 bits per heavy atom. The lowest BCUT2D eigenvalue weighted by Crippen LogP contribution is -2.51. The van der Waals surface area contributed by atoms with E-state index >= 15 is 0 Å². The number of amides is 2. The largest absolute Gasteiger partial charge is 0.342 e. The molecule has 2 heterocycles. The Morgan fingerprint density at radius 1 is 1.22 bits per heavy atom. The van der Waals surface area contributed by atoms with E-state index < -0.39 is 0 Å². The molecule has 27 heavy (non-hydrogen) atoms. The molecule has 1 aromatic carbocycles. The van der Waals surface area contributed by atoms with Gasteiger partial charge in [0.05, 0.1) is 6.54 Å². The lowest BCUT2D eigenvalue weighted by atomic mass is 10.2. The number of aromatic nitrogens is 1. The highest BCUT2D eigenvalue weighted by Crippen LogP contribution is 2.21. The van der Waals surface area contributed by atoms with Gasteiger partial charge in [0.1, 0.15) is 5.69 Å². The van der Waals surface area contributed by atoms with Gasteiger partial charge in [-0.05, 0) is 31.2 Å². The minimum atomic E-state index is -0.330. The Balaban J connectivity index is 1.48. The van der Waals surface area contributed by atoms with E-state index in [1.165, 1.54) is 11.3 Å². The zero-order valence-corrected chi connectivity index (χ0v) is 16.5. The molecule has 2 amide bonds. The molecule has 1 fully saturated rings. The molecule has 2 aromatic rings. The zero-order valence-electron chi connectivity index (χ0n) is 15.7. The molecule has 144 valence electrons. The fourth-order valence-corrected chi connectivity index (χ4v) is 3.66. The number of carbonyl (C=O) groups is 2. The van der Waals surface area contributed by atoms with Crippen molar-refractivity contribution in [1.29, 1.82) is 0 Å². The molecule has 1 aliphatic heterocycles. The van der Waals surface area contributed by atoms with Gasteiger partial charge in [-0.15, -0.1) is 11.3 Å². The smallest absolute Gasteiger partial charge is 0.271 e. The second-order valence-electron chi connectivity index (χ2n) is 6.53. The summed E-state index contributed by atoms with van der Waals surface area (Å²) >= 11 is 1.36. The molecule has 1 aliphatic rings. The van der Waals surface area contributed by atoms with Gasteiger partial charge in [-0.2, -0.15) is 0 Å². The van der Waals surface area contributed by atoms with Crippen LogP contribution in [0.25, 0.3) is 0 Å². The third kappa shape index (κ3) is 5.27. The van der Waals surface area contributed by atoms with Crippen molar-refractivity contribution in [3.63, 3.8) is 0 Å². The van der Waals surface area contributed by atoms with E-state index in [9.17, 15) is 9.59 Å². The van der Waals surface area contributed by atoms with Gasteiger partial charge in [0, 0.05) is 37.2 Å². The zero-order chi connectivity index (χ0) is 19.2. The summed E-state index contributed by atoms with van der Waals surface area (Å²) in [5.74, 6) is -0.378. The van der Waals surface area contributed by atoms with Crippen molar-refractivity contribution >= 4 is 34.0 Å². The molecule has 0 aliphatic carbocycles. The van der Waals surface area contributed by atoms with E-state index in [1.807, 2.05) is 31.2 Å². The highest BCUT2D eigenvalue weighted by Gasteiger charge is 2.21. The topological polar surface area (TPSA) is 77.6 Å². The highest BCUT2D eigenvalue weighted by molar-refractivity contribution is 7.14. The number of aryl methyl sites for hydroxylation is 1. The van der Waals surface area contributed by atoms with E-state index in [-0.39, 0.29) is 18.4 Å². The van der Waals surface area contributed by atoms with Crippen LogP contribution in [0.2, 0.25) is 0 Å². The average molecular weight is 388 g/mol. The standard InChI is InChI=1S/C19H25N5O2S/c1-3-23-7-9-24(10-8-23)17(25)12-20-18(26)16-13-27-19(22-16)21-15-6-4-5-14(2)11-15/h4-6,11,13H,3,7-10,12H2,1-2H3,(H,20,26)(H,21,22). The molecule has 0 saturated carbocycles. The molecule has 3 rings (SSSR count). The maximum absolute atomic E-state index is 12.3. The molecule has 2 N–H and O–H groups in total. The summed E-state index contributed by atoms with van der Waals surface area (Å²) in [5.41, 5.74) is 2.39. The number of benzene rings is 1. The molecular formula is C19H25N5O2S. The van der Waals surface area contributed by atoms with Crippen LogP contribution in [0.15, 0.2) is 29.6 Å². The first-order valence-corrected chi connectivity index (χ1v) is 10.0. The second-order valence-corrected chi connectivity index (χ2v) is 7.39. The fourth-order valence-electron chi connectivity index (χ4n) is 2.95. The summed E-state index contributed by atoms with van der Waals surface area (Å²) in [6, 6.07) is 7.94. The van der Waals surface area contributed by atoms with E-state index in [1.54, 1.807) is 10.3 Å². The van der Waals surface area contributed by atoms with Crippen molar-refractivity contribution < 1.29 is 9.59 Å². The van der Waals surface area contributed by atoms with Crippen LogP contribution in [0, 0.1) is 6.92 Å². The molecule has 7 nitrogen and oxygen atoms in total. The first-order valence-electron chi connectivity index (χ1n) is 9.12. The van der Waals surface area contributed by atoms with Gasteiger partial charge in [0.25, 0.3) is 5.91 Å². The van der Waals surface area contributed by atoms with Crippen LogP contribution in [-0.2, 0) is 4.79 Å². The van der Waals surface area contributed by atoms with Gasteiger partial charge in [0.2, 0.25) is 5.91 Å². The summed E-state index contributed by atoms with van der Waals surface area (Å²) in [4.78, 5) is 33.0. The fraction of sp³-hybridized carbons (Fsp3) is 0.421. The van der Waals surface area contributed by atoms with E-state index in [2.05, 4.69) is 27.4 Å². The summed E-state index contributed by atoms with van der Waals surface area (Å²) in [6.45, 7) is 8.34. The van der Waals surface area contributed by atoms with Crippen LogP contribution >= 0.6 is 11.3 Å². The predicted molar refractivity (Wildman–Crippen MR) is 108 cm³/mol. The van der Waals surface area contributed by atoms with Crippen LogP contribution in [-0.4, -0.2) is 65.9 Å². The summed E-state index contributed by atoms with van der Waals surface area (Å²) < 4.78 is 0. The third-order valence-corrected chi connectivity index (χ3v) is 5.34. The number of thiazole rings is 1. The van der Waals surface area contributed by atoms with Crippen molar-refractivity contribution in [2.24, 2.45) is 0 Å². The van der Waals surface area contributed by atoms with Crippen LogP contribution in [0.3, 0.4) is 0 Å². The van der Waals surface area contributed by atoms with Crippen molar-refractivity contribution in [3.8, 4) is 0 Å². The van der Waals surface area contributed by atoms with Crippen LogP contribution < -0.4 is 10.6 Å². The van der Waals surface area contributed by atoms with E-state index in [0.29, 0.717) is 23.9 Å². The van der Waals surface area contributed by atoms with Crippen LogP contribution in [0.4, 0.5) is 10.8 Å². The van der Waals surface area contributed by atoms with E-state index in [0.717, 1.165) is 30.9 Å². The Morgan fingerprint density at radius 2 is 2.00 bits per heavy atom. The lowest BCUT2D eigenvalue weighted by molar-refractivity contribution is -0.131. The number of piperazine rings is 1. The number of likely N-dealkylation sites (N-methyl/N-ethyl adjacent to an activating group) is 1. The summed E-state index contributed by atoms with van der Waals surface area (Å²) in [5, 5.41) is 8.21. The molecule has 1 saturated heterocycles. The lowest BCUT2D eigenvalue weighted by Gasteiger charge is -2.34. The highest BCUT2D eigenvalue weighted by atomic mass is 32.1. The molecule has 0 unspecified atom stereocenters. The van der Waals surface area contributed by atoms with Crippen molar-refractivity contribution in [2.75, 3.05) is 44.6 Å². The number of rotatable bonds is 6. The molecule has 0 bridgehead atoms. The van der Waals surface area contributed by atoms with Crippen molar-refractivity contribution in [3.05, 3.63) is 40.9 Å². The normalized spacial score (nSPS) is 14.8. The van der Waals surface area contributed by atoms with Gasteiger partial charge in [-0.1, -0.05) is 19.1 Å². The average Bonchev–Trinajstić information content (AvgIpc) is 3.14. The van der Waals surface area contributed by atoms with Gasteiger partial charge < -0.3 is 20.4 Å². The molecular weight excluding hydrogens is 362 g/mol. The summed E-state index contributed by atoms with van der Waals surface area (Å²) in [6.07, 6.45) is 0. The van der Waals surface area contributed by atoms with Crippen molar-refractivity contribution in [2.45, 2.75) is 13.8 Å². The minimum Gasteiger partial charge on any atom is -0.342 e. The third-order valence-electron chi connectivity index (χ3n) is 4.58. The monoisotopic (exact) mass is 387 g/mol.